The Morgan fingerprint density at radius 3 is 2.41 bits per heavy atom. The lowest BCUT2D eigenvalue weighted by Crippen LogP contribution is -2.49. The standard InChI is InChI=1S/C19H28N2O5S/c1-11-7-14(20-18(24)19(4,5)6)27-16(11)17(23)25-10-15(22)21-8-12(2)26-13(3)9-21/h7,12-13H,8-10H2,1-6H3,(H,20,24)/t12-,13-/m0/s1. The fourth-order valence-electron chi connectivity index (χ4n) is 2.71. The van der Waals surface area contributed by atoms with E-state index < -0.39 is 11.4 Å². The van der Waals surface area contributed by atoms with Crippen molar-refractivity contribution in [2.24, 2.45) is 5.41 Å². The highest BCUT2D eigenvalue weighted by Gasteiger charge is 2.27. The van der Waals surface area contributed by atoms with Crippen LogP contribution in [0.25, 0.3) is 0 Å². The third-order valence-electron chi connectivity index (χ3n) is 4.12. The van der Waals surface area contributed by atoms with Gasteiger partial charge in [-0.3, -0.25) is 9.59 Å². The van der Waals surface area contributed by atoms with Crippen LogP contribution in [0.1, 0.15) is 49.9 Å². The second kappa shape index (κ2) is 8.39. The number of ether oxygens (including phenoxy) is 2. The van der Waals surface area contributed by atoms with Gasteiger partial charge in [-0.25, -0.2) is 4.79 Å². The molecule has 1 aliphatic rings. The van der Waals surface area contributed by atoms with E-state index in [1.54, 1.807) is 17.9 Å². The molecule has 2 atom stereocenters. The van der Waals surface area contributed by atoms with E-state index in [0.717, 1.165) is 11.3 Å². The Morgan fingerprint density at radius 2 is 1.85 bits per heavy atom. The molecule has 27 heavy (non-hydrogen) atoms. The Labute approximate surface area is 164 Å². The van der Waals surface area contributed by atoms with Crippen molar-refractivity contribution in [3.63, 3.8) is 0 Å². The Morgan fingerprint density at radius 1 is 1.26 bits per heavy atom. The number of nitrogens with zero attached hydrogens (tertiary/aromatic N) is 1. The number of esters is 1. The first-order valence-corrected chi connectivity index (χ1v) is 9.81. The van der Waals surface area contributed by atoms with E-state index in [0.29, 0.717) is 28.5 Å². The molecule has 1 saturated heterocycles. The molecule has 0 spiro atoms. The predicted molar refractivity (Wildman–Crippen MR) is 104 cm³/mol. The van der Waals surface area contributed by atoms with Gasteiger partial charge in [-0.15, -0.1) is 11.3 Å². The van der Waals surface area contributed by atoms with Gasteiger partial charge in [0.1, 0.15) is 4.88 Å². The molecule has 1 aliphatic heterocycles. The van der Waals surface area contributed by atoms with E-state index in [1.165, 1.54) is 0 Å². The van der Waals surface area contributed by atoms with E-state index >= 15 is 0 Å². The first kappa shape index (κ1) is 21.4. The Hall–Kier alpha value is -1.93. The minimum Gasteiger partial charge on any atom is -0.451 e. The number of carbonyl (C=O) groups excluding carboxylic acids is 3. The molecule has 2 rings (SSSR count). The fourth-order valence-corrected chi connectivity index (χ4v) is 3.67. The molecule has 7 nitrogen and oxygen atoms in total. The molecule has 0 unspecified atom stereocenters. The molecule has 0 saturated carbocycles. The second-order valence-electron chi connectivity index (χ2n) is 7.96. The molecule has 0 aliphatic carbocycles. The maximum Gasteiger partial charge on any atom is 0.349 e. The van der Waals surface area contributed by atoms with Crippen LogP contribution < -0.4 is 5.32 Å². The highest BCUT2D eigenvalue weighted by atomic mass is 32.1. The van der Waals surface area contributed by atoms with Gasteiger partial charge in [0.05, 0.1) is 17.2 Å². The van der Waals surface area contributed by atoms with Gasteiger partial charge in [0.2, 0.25) is 5.91 Å². The molecule has 0 aromatic carbocycles. The predicted octanol–water partition coefficient (Wildman–Crippen LogP) is 2.83. The van der Waals surface area contributed by atoms with Crippen molar-refractivity contribution in [1.29, 1.82) is 0 Å². The van der Waals surface area contributed by atoms with Gasteiger partial charge in [-0.1, -0.05) is 20.8 Å². The Bertz CT molecular complexity index is 712. The van der Waals surface area contributed by atoms with Gasteiger partial charge in [0, 0.05) is 18.5 Å². The summed E-state index contributed by atoms with van der Waals surface area (Å²) in [6, 6.07) is 1.73. The third kappa shape index (κ3) is 5.77. The quantitative estimate of drug-likeness (QED) is 0.791. The number of nitrogens with one attached hydrogen (secondary N) is 1. The van der Waals surface area contributed by atoms with Crippen molar-refractivity contribution in [3.05, 3.63) is 16.5 Å². The van der Waals surface area contributed by atoms with Crippen LogP contribution >= 0.6 is 11.3 Å². The SMILES string of the molecule is Cc1cc(NC(=O)C(C)(C)C)sc1C(=O)OCC(=O)N1C[C@H](C)O[C@@H](C)C1. The van der Waals surface area contributed by atoms with E-state index in [1.807, 2.05) is 34.6 Å². The average Bonchev–Trinajstić information content (AvgIpc) is 2.91. The summed E-state index contributed by atoms with van der Waals surface area (Å²) in [6.45, 7) is 11.7. The molecule has 2 heterocycles. The first-order valence-electron chi connectivity index (χ1n) is 8.99. The Balaban J connectivity index is 1.94. The number of anilines is 1. The number of morpholine rings is 1. The maximum atomic E-state index is 12.4. The van der Waals surface area contributed by atoms with E-state index in [-0.39, 0.29) is 30.6 Å². The average molecular weight is 397 g/mol. The number of hydrogen-bond acceptors (Lipinski definition) is 6. The lowest BCUT2D eigenvalue weighted by Gasteiger charge is -2.35. The van der Waals surface area contributed by atoms with Crippen molar-refractivity contribution < 1.29 is 23.9 Å². The molecule has 8 heteroatoms. The summed E-state index contributed by atoms with van der Waals surface area (Å²) >= 11 is 1.15. The lowest BCUT2D eigenvalue weighted by molar-refractivity contribution is -0.146. The highest BCUT2D eigenvalue weighted by Crippen LogP contribution is 2.29. The summed E-state index contributed by atoms with van der Waals surface area (Å²) < 4.78 is 10.8. The smallest absolute Gasteiger partial charge is 0.349 e. The van der Waals surface area contributed by atoms with Crippen molar-refractivity contribution in [1.82, 2.24) is 4.90 Å². The van der Waals surface area contributed by atoms with Crippen LogP contribution in [0.15, 0.2) is 6.07 Å². The number of thiophene rings is 1. The minimum absolute atomic E-state index is 0.0399. The number of rotatable bonds is 4. The van der Waals surface area contributed by atoms with E-state index in [9.17, 15) is 14.4 Å². The molecule has 1 aromatic heterocycles. The molecule has 0 bridgehead atoms. The van der Waals surface area contributed by atoms with Crippen LogP contribution in [0.2, 0.25) is 0 Å². The van der Waals surface area contributed by atoms with Gasteiger partial charge in [0.25, 0.3) is 5.91 Å². The maximum absolute atomic E-state index is 12.4. The molecular formula is C19H28N2O5S. The van der Waals surface area contributed by atoms with Crippen molar-refractivity contribution in [2.75, 3.05) is 25.0 Å². The summed E-state index contributed by atoms with van der Waals surface area (Å²) in [5, 5.41) is 3.39. The largest absolute Gasteiger partial charge is 0.451 e. The zero-order valence-electron chi connectivity index (χ0n) is 16.8. The van der Waals surface area contributed by atoms with Gasteiger partial charge < -0.3 is 19.7 Å². The van der Waals surface area contributed by atoms with Gasteiger partial charge in [0.15, 0.2) is 6.61 Å². The second-order valence-corrected chi connectivity index (χ2v) is 9.01. The zero-order valence-corrected chi connectivity index (χ0v) is 17.6. The van der Waals surface area contributed by atoms with Gasteiger partial charge in [-0.05, 0) is 32.4 Å². The molecular weight excluding hydrogens is 368 g/mol. The van der Waals surface area contributed by atoms with Crippen molar-refractivity contribution in [3.8, 4) is 0 Å². The molecule has 0 radical (unpaired) electrons. The van der Waals surface area contributed by atoms with Gasteiger partial charge in [-0.2, -0.15) is 0 Å². The summed E-state index contributed by atoms with van der Waals surface area (Å²) in [5.41, 5.74) is 0.174. The van der Waals surface area contributed by atoms with Crippen LogP contribution in [0.3, 0.4) is 0 Å². The van der Waals surface area contributed by atoms with Crippen LogP contribution in [0, 0.1) is 12.3 Å². The zero-order chi connectivity index (χ0) is 20.4. The molecule has 1 N–H and O–H groups in total. The fraction of sp³-hybridized carbons (Fsp3) is 0.632. The van der Waals surface area contributed by atoms with E-state index in [2.05, 4.69) is 5.32 Å². The minimum atomic E-state index is -0.559. The number of amides is 2. The lowest BCUT2D eigenvalue weighted by atomic mass is 9.96. The van der Waals surface area contributed by atoms with Crippen LogP contribution in [0.5, 0.6) is 0 Å². The van der Waals surface area contributed by atoms with E-state index in [4.69, 9.17) is 9.47 Å². The third-order valence-corrected chi connectivity index (χ3v) is 5.25. The van der Waals surface area contributed by atoms with Crippen molar-refractivity contribution in [2.45, 2.75) is 53.8 Å². The highest BCUT2D eigenvalue weighted by molar-refractivity contribution is 7.18. The normalized spacial score (nSPS) is 20.3. The van der Waals surface area contributed by atoms with Crippen molar-refractivity contribution >= 4 is 34.1 Å². The summed E-state index contributed by atoms with van der Waals surface area (Å²) in [5.74, 6) is -0.924. The number of carbonyl (C=O) groups is 3. The Kier molecular flexibility index (Phi) is 6.64. The summed E-state index contributed by atoms with van der Waals surface area (Å²) in [4.78, 5) is 38.8. The summed E-state index contributed by atoms with van der Waals surface area (Å²) in [6.07, 6.45) is -0.0798. The monoisotopic (exact) mass is 396 g/mol. The molecule has 2 amide bonds. The molecule has 150 valence electrons. The number of hydrogen-bond donors (Lipinski definition) is 1. The summed E-state index contributed by atoms with van der Waals surface area (Å²) in [7, 11) is 0. The molecule has 1 fully saturated rings. The van der Waals surface area contributed by atoms with Crippen LogP contribution in [-0.2, 0) is 19.1 Å². The van der Waals surface area contributed by atoms with Crippen LogP contribution in [-0.4, -0.2) is 54.6 Å². The first-order chi connectivity index (χ1) is 12.5. The topological polar surface area (TPSA) is 84.9 Å². The molecule has 1 aromatic rings. The van der Waals surface area contributed by atoms with Crippen LogP contribution in [0.4, 0.5) is 5.00 Å². The number of aryl methyl sites for hydroxylation is 1. The van der Waals surface area contributed by atoms with Gasteiger partial charge >= 0.3 is 5.97 Å².